The molecule has 7 nitrogen and oxygen atoms in total. The summed E-state index contributed by atoms with van der Waals surface area (Å²) in [5.74, 6) is 0. The minimum atomic E-state index is -1.93. The Morgan fingerprint density at radius 1 is 0.783 bits per heavy atom. The van der Waals surface area contributed by atoms with Gasteiger partial charge >= 0.3 is 7.87 Å². The summed E-state index contributed by atoms with van der Waals surface area (Å²) < 4.78 is 19.8. The molecule has 1 heterocycles. The fourth-order valence-electron chi connectivity index (χ4n) is 3.36. The molecule has 1 saturated heterocycles. The third-order valence-electron chi connectivity index (χ3n) is 4.27. The number of rotatable bonds is 5. The van der Waals surface area contributed by atoms with E-state index in [4.69, 9.17) is 4.52 Å². The third kappa shape index (κ3) is 4.11. The quantitative estimate of drug-likeness (QED) is 0.570. The molecule has 23 heavy (non-hydrogen) atoms. The first-order chi connectivity index (χ1) is 10.0. The van der Waals surface area contributed by atoms with Gasteiger partial charge in [-0.3, -0.25) is 0 Å². The highest BCUT2D eigenvalue weighted by Crippen LogP contribution is 2.75. The van der Waals surface area contributed by atoms with Gasteiger partial charge in [-0.05, 0) is 53.2 Å². The van der Waals surface area contributed by atoms with Crippen LogP contribution >= 0.6 is 15.4 Å². The van der Waals surface area contributed by atoms with Crippen LogP contribution in [0.1, 0.15) is 6.42 Å². The molecule has 0 aromatic rings. The predicted octanol–water partition coefficient (Wildman–Crippen LogP) is -0.872. The molecule has 0 aliphatic carbocycles. The molecular weight excluding hydrogens is 352 g/mol. The van der Waals surface area contributed by atoms with E-state index in [-0.39, 0.29) is 12.4 Å². The maximum atomic E-state index is 5.64. The van der Waals surface area contributed by atoms with Crippen molar-refractivity contribution in [1.29, 1.82) is 0 Å². The summed E-state index contributed by atoms with van der Waals surface area (Å²) in [6.07, 6.45) is 1.20. The van der Waals surface area contributed by atoms with E-state index in [1.165, 1.54) is 6.42 Å². The van der Waals surface area contributed by atoms with Gasteiger partial charge < -0.3 is 12.4 Å². The van der Waals surface area contributed by atoms with Crippen molar-refractivity contribution < 1.29 is 12.4 Å². The van der Waals surface area contributed by atoms with Crippen LogP contribution in [-0.2, 0) is 0 Å². The molecule has 0 aromatic carbocycles. The monoisotopic (exact) mass is 387 g/mol. The molecule has 0 bridgehead atoms. The van der Waals surface area contributed by atoms with Crippen molar-refractivity contribution in [2.75, 3.05) is 83.6 Å². The lowest BCUT2D eigenvalue weighted by Gasteiger charge is -2.46. The van der Waals surface area contributed by atoms with Crippen molar-refractivity contribution in [2.24, 2.45) is 4.52 Å². The summed E-state index contributed by atoms with van der Waals surface area (Å²) in [6.45, 7) is 2.21. The van der Waals surface area contributed by atoms with E-state index in [0.29, 0.717) is 0 Å². The molecule has 0 aromatic heterocycles. The second-order valence-electron chi connectivity index (χ2n) is 6.67. The molecule has 1 aliphatic rings. The van der Waals surface area contributed by atoms with Crippen LogP contribution in [0.15, 0.2) is 4.52 Å². The van der Waals surface area contributed by atoms with Gasteiger partial charge in [-0.25, -0.2) is 14.0 Å². The van der Waals surface area contributed by atoms with Gasteiger partial charge in [0.2, 0.25) is 7.51 Å². The van der Waals surface area contributed by atoms with Crippen LogP contribution < -0.4 is 12.4 Å². The second-order valence-corrected chi connectivity index (χ2v) is 14.1. The van der Waals surface area contributed by atoms with Gasteiger partial charge in [-0.1, -0.05) is 0 Å². The second kappa shape index (κ2) is 8.88. The fraction of sp³-hybridized carbons (Fsp3) is 1.00. The molecule has 0 radical (unpaired) electrons. The SMILES string of the molecule is CN(C)P(=N[P+]1(N(C)C)N(C)CCCN1C)(N(C)C)N(C)C.[Cl-]. The lowest BCUT2D eigenvalue weighted by atomic mass is 10.4. The Morgan fingerprint density at radius 3 is 1.39 bits per heavy atom. The molecular formula is C13H36ClN7P2. The zero-order valence-corrected chi connectivity index (χ0v) is 19.1. The van der Waals surface area contributed by atoms with Crippen LogP contribution in [0.2, 0.25) is 0 Å². The van der Waals surface area contributed by atoms with Crippen LogP contribution in [0, 0.1) is 0 Å². The Morgan fingerprint density at radius 2 is 1.13 bits per heavy atom. The normalized spacial score (nSPS) is 20.4. The van der Waals surface area contributed by atoms with Crippen molar-refractivity contribution in [3.05, 3.63) is 0 Å². The number of nitrogens with zero attached hydrogens (tertiary/aromatic N) is 7. The van der Waals surface area contributed by atoms with E-state index in [9.17, 15) is 0 Å². The molecule has 140 valence electrons. The minimum absolute atomic E-state index is 0. The fourth-order valence-corrected chi connectivity index (χ4v) is 13.0. The van der Waals surface area contributed by atoms with E-state index in [1.54, 1.807) is 0 Å². The van der Waals surface area contributed by atoms with Gasteiger partial charge in [-0.2, -0.15) is 0 Å². The van der Waals surface area contributed by atoms with Crippen LogP contribution in [0.25, 0.3) is 0 Å². The number of hydrogen-bond donors (Lipinski definition) is 0. The zero-order valence-electron chi connectivity index (χ0n) is 16.5. The average Bonchev–Trinajstić information content (AvgIpc) is 2.37. The van der Waals surface area contributed by atoms with Crippen molar-refractivity contribution in [3.63, 3.8) is 0 Å². The molecule has 0 N–H and O–H groups in total. The van der Waals surface area contributed by atoms with Gasteiger partial charge in [0.15, 0.2) is 0 Å². The Bertz CT molecular complexity index is 390. The standard InChI is InChI=1S/C13H36N7P2.ClH/c1-15(2)21(16(3)4,17(5)6)14-22(18(7)8)19(9)12-11-13-20(22)10;/h11-13H2,1-10H3;1H/q+1;/p-1. The zero-order chi connectivity index (χ0) is 17.3. The first kappa shape index (κ1) is 23.7. The largest absolute Gasteiger partial charge is 1.00 e. The molecule has 0 spiro atoms. The number of hydrogen-bond acceptors (Lipinski definition) is 4. The summed E-state index contributed by atoms with van der Waals surface area (Å²) in [5.41, 5.74) is 0. The van der Waals surface area contributed by atoms with Crippen LogP contribution in [0.4, 0.5) is 0 Å². The summed E-state index contributed by atoms with van der Waals surface area (Å²) >= 11 is 0. The smallest absolute Gasteiger partial charge is 0.356 e. The van der Waals surface area contributed by atoms with Crippen LogP contribution in [0.3, 0.4) is 0 Å². The lowest BCUT2D eigenvalue weighted by molar-refractivity contribution is -0.00000532. The Balaban J connectivity index is 0.00000484. The van der Waals surface area contributed by atoms with E-state index >= 15 is 0 Å². The Hall–Kier alpha value is 0.710. The molecule has 1 rings (SSSR count). The topological polar surface area (TPSA) is 31.8 Å². The Labute approximate surface area is 150 Å². The van der Waals surface area contributed by atoms with Gasteiger partial charge in [-0.15, -0.1) is 14.0 Å². The summed E-state index contributed by atoms with van der Waals surface area (Å²) in [5, 5.41) is 0. The maximum absolute atomic E-state index is 5.64. The highest BCUT2D eigenvalue weighted by molar-refractivity contribution is 7.75. The van der Waals surface area contributed by atoms with E-state index in [1.807, 2.05) is 0 Å². The Kier molecular flexibility index (Phi) is 9.16. The average molecular weight is 388 g/mol. The molecule has 0 atom stereocenters. The molecule has 0 amide bonds. The molecule has 1 fully saturated rings. The highest BCUT2D eigenvalue weighted by atomic mass is 35.5. The molecule has 10 heteroatoms. The summed E-state index contributed by atoms with van der Waals surface area (Å²) in [7, 11) is 17.9. The third-order valence-corrected chi connectivity index (χ3v) is 12.7. The van der Waals surface area contributed by atoms with Gasteiger partial charge in [0.05, 0.1) is 0 Å². The van der Waals surface area contributed by atoms with Crippen LogP contribution in [-0.4, -0.2) is 112 Å². The summed E-state index contributed by atoms with van der Waals surface area (Å²) in [4.78, 5) is 0. The van der Waals surface area contributed by atoms with Crippen molar-refractivity contribution in [3.8, 4) is 0 Å². The summed E-state index contributed by atoms with van der Waals surface area (Å²) in [6, 6.07) is 0. The minimum Gasteiger partial charge on any atom is -1.00 e. The molecule has 0 unspecified atom stereocenters. The maximum Gasteiger partial charge on any atom is 0.356 e. The van der Waals surface area contributed by atoms with E-state index in [0.717, 1.165) is 13.1 Å². The van der Waals surface area contributed by atoms with Crippen LogP contribution in [0.5, 0.6) is 0 Å². The lowest BCUT2D eigenvalue weighted by Crippen LogP contribution is -3.00. The van der Waals surface area contributed by atoms with E-state index in [2.05, 4.69) is 98.5 Å². The number of halogens is 1. The predicted molar refractivity (Wildman–Crippen MR) is 101 cm³/mol. The first-order valence-electron chi connectivity index (χ1n) is 7.70. The van der Waals surface area contributed by atoms with Crippen molar-refractivity contribution in [1.82, 2.24) is 28.0 Å². The highest BCUT2D eigenvalue weighted by Gasteiger charge is 2.56. The first-order valence-corrected chi connectivity index (χ1v) is 10.9. The van der Waals surface area contributed by atoms with Crippen molar-refractivity contribution in [2.45, 2.75) is 6.42 Å². The molecule has 1 aliphatic heterocycles. The molecule has 0 saturated carbocycles. The van der Waals surface area contributed by atoms with Gasteiger partial charge in [0, 0.05) is 41.3 Å². The van der Waals surface area contributed by atoms with Crippen molar-refractivity contribution >= 4 is 15.4 Å². The van der Waals surface area contributed by atoms with Gasteiger partial charge in [0.1, 0.15) is 0 Å². The van der Waals surface area contributed by atoms with E-state index < -0.39 is 15.4 Å². The van der Waals surface area contributed by atoms with Gasteiger partial charge in [0.25, 0.3) is 0 Å².